The van der Waals surface area contributed by atoms with Crippen molar-refractivity contribution in [3.8, 4) is 0 Å². The van der Waals surface area contributed by atoms with Crippen molar-refractivity contribution in [2.24, 2.45) is 0 Å². The summed E-state index contributed by atoms with van der Waals surface area (Å²) in [5, 5.41) is 0. The minimum absolute atomic E-state index is 0.688. The van der Waals surface area contributed by atoms with Crippen molar-refractivity contribution < 1.29 is 4.42 Å². The van der Waals surface area contributed by atoms with Crippen molar-refractivity contribution >= 4 is 16.8 Å². The second-order valence-electron chi connectivity index (χ2n) is 2.95. The van der Waals surface area contributed by atoms with Crippen LogP contribution in [-0.2, 0) is 0 Å². The van der Waals surface area contributed by atoms with Crippen LogP contribution in [0.2, 0.25) is 0 Å². The SMILES string of the molecule is Cc1cc(C)c2ncoc2c1N. The van der Waals surface area contributed by atoms with Crippen LogP contribution in [0.1, 0.15) is 11.1 Å². The first-order valence-corrected chi connectivity index (χ1v) is 3.79. The number of aryl methyl sites for hydroxylation is 2. The Bertz CT molecular complexity index is 431. The molecule has 0 unspecified atom stereocenters. The number of hydrogen-bond acceptors (Lipinski definition) is 3. The molecule has 1 aromatic heterocycles. The Balaban J connectivity index is 2.97. The predicted molar refractivity (Wildman–Crippen MR) is 47.9 cm³/mol. The lowest BCUT2D eigenvalue weighted by Crippen LogP contribution is -1.91. The molecule has 0 bridgehead atoms. The molecule has 0 fully saturated rings. The van der Waals surface area contributed by atoms with Crippen LogP contribution in [0, 0.1) is 13.8 Å². The molecule has 2 aromatic rings. The number of benzene rings is 1. The summed E-state index contributed by atoms with van der Waals surface area (Å²) in [6, 6.07) is 2.01. The number of hydrogen-bond donors (Lipinski definition) is 1. The fourth-order valence-corrected chi connectivity index (χ4v) is 1.37. The highest BCUT2D eigenvalue weighted by Crippen LogP contribution is 2.26. The molecule has 1 aromatic carbocycles. The number of anilines is 1. The van der Waals surface area contributed by atoms with Crippen molar-refractivity contribution in [2.75, 3.05) is 5.73 Å². The maximum Gasteiger partial charge on any atom is 0.182 e. The number of oxazole rings is 1. The van der Waals surface area contributed by atoms with E-state index in [-0.39, 0.29) is 0 Å². The molecule has 62 valence electrons. The summed E-state index contributed by atoms with van der Waals surface area (Å²) in [5.41, 5.74) is 10.2. The van der Waals surface area contributed by atoms with E-state index in [1.165, 1.54) is 6.39 Å². The molecule has 0 amide bonds. The second kappa shape index (κ2) is 2.24. The fourth-order valence-electron chi connectivity index (χ4n) is 1.37. The molecule has 3 nitrogen and oxygen atoms in total. The van der Waals surface area contributed by atoms with Crippen molar-refractivity contribution in [1.82, 2.24) is 4.98 Å². The summed E-state index contributed by atoms with van der Waals surface area (Å²) in [4.78, 5) is 4.07. The summed E-state index contributed by atoms with van der Waals surface area (Å²) in [7, 11) is 0. The minimum atomic E-state index is 0.688. The van der Waals surface area contributed by atoms with Gasteiger partial charge >= 0.3 is 0 Å². The molecule has 0 aliphatic heterocycles. The number of rotatable bonds is 0. The van der Waals surface area contributed by atoms with Gasteiger partial charge in [-0.05, 0) is 25.0 Å². The molecule has 0 spiro atoms. The lowest BCUT2D eigenvalue weighted by molar-refractivity contribution is 0.603. The van der Waals surface area contributed by atoms with E-state index in [1.54, 1.807) is 0 Å². The highest BCUT2D eigenvalue weighted by molar-refractivity contribution is 5.88. The summed E-state index contributed by atoms with van der Waals surface area (Å²) >= 11 is 0. The normalized spacial score (nSPS) is 10.8. The van der Waals surface area contributed by atoms with Gasteiger partial charge in [0.05, 0.1) is 5.69 Å². The number of fused-ring (bicyclic) bond motifs is 1. The summed E-state index contributed by atoms with van der Waals surface area (Å²) in [6.07, 6.45) is 1.42. The molecule has 12 heavy (non-hydrogen) atoms. The van der Waals surface area contributed by atoms with Crippen molar-refractivity contribution in [3.05, 3.63) is 23.6 Å². The molecule has 1 heterocycles. The van der Waals surface area contributed by atoms with E-state index >= 15 is 0 Å². The van der Waals surface area contributed by atoms with Gasteiger partial charge in [-0.2, -0.15) is 0 Å². The van der Waals surface area contributed by atoms with Gasteiger partial charge in [0.2, 0.25) is 0 Å². The van der Waals surface area contributed by atoms with E-state index in [0.29, 0.717) is 11.3 Å². The summed E-state index contributed by atoms with van der Waals surface area (Å²) in [5.74, 6) is 0. The zero-order valence-corrected chi connectivity index (χ0v) is 7.09. The Hall–Kier alpha value is -1.51. The first-order valence-electron chi connectivity index (χ1n) is 3.79. The van der Waals surface area contributed by atoms with Gasteiger partial charge in [-0.1, -0.05) is 6.07 Å². The summed E-state index contributed by atoms with van der Waals surface area (Å²) in [6.45, 7) is 3.96. The van der Waals surface area contributed by atoms with Gasteiger partial charge in [0.15, 0.2) is 12.0 Å². The third kappa shape index (κ3) is 0.794. The average Bonchev–Trinajstić information content (AvgIpc) is 2.48. The number of nitrogen functional groups attached to an aromatic ring is 1. The van der Waals surface area contributed by atoms with Crippen molar-refractivity contribution in [1.29, 1.82) is 0 Å². The smallest absolute Gasteiger partial charge is 0.182 e. The van der Waals surface area contributed by atoms with Crippen molar-refractivity contribution in [2.45, 2.75) is 13.8 Å². The van der Waals surface area contributed by atoms with E-state index in [4.69, 9.17) is 10.2 Å². The molecular weight excluding hydrogens is 152 g/mol. The van der Waals surface area contributed by atoms with Crippen LogP contribution in [0.15, 0.2) is 16.9 Å². The monoisotopic (exact) mass is 162 g/mol. The third-order valence-corrected chi connectivity index (χ3v) is 2.04. The Morgan fingerprint density at radius 1 is 1.33 bits per heavy atom. The van der Waals surface area contributed by atoms with Crippen molar-refractivity contribution in [3.63, 3.8) is 0 Å². The van der Waals surface area contributed by atoms with Crippen LogP contribution in [0.4, 0.5) is 5.69 Å². The van der Waals surface area contributed by atoms with Gasteiger partial charge in [-0.25, -0.2) is 4.98 Å². The molecule has 2 rings (SSSR count). The standard InChI is InChI=1S/C9H10N2O/c1-5-3-6(2)8-9(7(5)10)12-4-11-8/h3-4H,10H2,1-2H3. The van der Waals surface area contributed by atoms with E-state index in [2.05, 4.69) is 4.98 Å². The Labute approximate surface area is 70.2 Å². The van der Waals surface area contributed by atoms with E-state index in [9.17, 15) is 0 Å². The molecule has 0 aliphatic rings. The minimum Gasteiger partial charge on any atom is -0.441 e. The van der Waals surface area contributed by atoms with Crippen LogP contribution < -0.4 is 5.73 Å². The predicted octanol–water partition coefficient (Wildman–Crippen LogP) is 2.03. The number of aromatic nitrogens is 1. The van der Waals surface area contributed by atoms with Gasteiger partial charge in [0.1, 0.15) is 5.52 Å². The first-order chi connectivity index (χ1) is 5.70. The van der Waals surface area contributed by atoms with Crippen LogP contribution in [0.25, 0.3) is 11.1 Å². The largest absolute Gasteiger partial charge is 0.441 e. The van der Waals surface area contributed by atoms with Gasteiger partial charge in [0, 0.05) is 0 Å². The van der Waals surface area contributed by atoms with Crippen LogP contribution in [-0.4, -0.2) is 4.98 Å². The van der Waals surface area contributed by atoms with Gasteiger partial charge in [0.25, 0.3) is 0 Å². The van der Waals surface area contributed by atoms with Gasteiger partial charge in [-0.3, -0.25) is 0 Å². The maximum atomic E-state index is 5.80. The third-order valence-electron chi connectivity index (χ3n) is 2.04. The highest BCUT2D eigenvalue weighted by Gasteiger charge is 2.07. The van der Waals surface area contributed by atoms with Crippen LogP contribution >= 0.6 is 0 Å². The van der Waals surface area contributed by atoms with Gasteiger partial charge in [-0.15, -0.1) is 0 Å². The van der Waals surface area contributed by atoms with Crippen LogP contribution in [0.5, 0.6) is 0 Å². The van der Waals surface area contributed by atoms with Crippen LogP contribution in [0.3, 0.4) is 0 Å². The summed E-state index contributed by atoms with van der Waals surface area (Å²) < 4.78 is 5.17. The topological polar surface area (TPSA) is 52.0 Å². The Morgan fingerprint density at radius 3 is 2.83 bits per heavy atom. The zero-order chi connectivity index (χ0) is 8.72. The fraction of sp³-hybridized carbons (Fsp3) is 0.222. The first kappa shape index (κ1) is 7.16. The van der Waals surface area contributed by atoms with Gasteiger partial charge < -0.3 is 10.2 Å². The maximum absolute atomic E-state index is 5.80. The zero-order valence-electron chi connectivity index (χ0n) is 7.09. The lowest BCUT2D eigenvalue weighted by Gasteiger charge is -2.01. The molecule has 0 aliphatic carbocycles. The Morgan fingerprint density at radius 2 is 2.08 bits per heavy atom. The van der Waals surface area contributed by atoms with E-state index in [1.807, 2.05) is 19.9 Å². The number of nitrogens with zero attached hydrogens (tertiary/aromatic N) is 1. The quantitative estimate of drug-likeness (QED) is 0.603. The Kier molecular flexibility index (Phi) is 1.33. The lowest BCUT2D eigenvalue weighted by atomic mass is 10.1. The van der Waals surface area contributed by atoms with E-state index < -0.39 is 0 Å². The average molecular weight is 162 g/mol. The molecule has 0 saturated carbocycles. The highest BCUT2D eigenvalue weighted by atomic mass is 16.3. The molecule has 2 N–H and O–H groups in total. The van der Waals surface area contributed by atoms with E-state index in [0.717, 1.165) is 16.6 Å². The second-order valence-corrected chi connectivity index (χ2v) is 2.95. The molecule has 0 atom stereocenters. The number of nitrogens with two attached hydrogens (primary N) is 1. The molecular formula is C9H10N2O. The molecule has 0 saturated heterocycles. The molecule has 0 radical (unpaired) electrons. The molecule has 3 heteroatoms.